The van der Waals surface area contributed by atoms with Crippen molar-refractivity contribution in [2.45, 2.75) is 51.4 Å². The normalized spacial score (nSPS) is 16.7. The minimum atomic E-state index is -4.05. The van der Waals surface area contributed by atoms with Gasteiger partial charge in [-0.15, -0.1) is 0 Å². The van der Waals surface area contributed by atoms with Crippen LogP contribution in [-0.4, -0.2) is 30.0 Å². The maximum absolute atomic E-state index is 11.8. The third kappa shape index (κ3) is 9.80. The Balaban J connectivity index is 3.40. The summed E-state index contributed by atoms with van der Waals surface area (Å²) in [6.45, 7) is 3.88. The summed E-state index contributed by atoms with van der Waals surface area (Å²) in [5.41, 5.74) is 0. The summed E-state index contributed by atoms with van der Waals surface area (Å²) in [6, 6.07) is 0.0203. The molecule has 14 heavy (non-hydrogen) atoms. The molecule has 2 atom stereocenters. The molecule has 5 heteroatoms. The average molecular weight is 213 g/mol. The first-order valence-corrected chi connectivity index (χ1v) is 4.79. The van der Waals surface area contributed by atoms with Gasteiger partial charge in [-0.3, -0.25) is 0 Å². The summed E-state index contributed by atoms with van der Waals surface area (Å²) >= 11 is 0. The van der Waals surface area contributed by atoms with Crippen LogP contribution in [-0.2, 0) is 0 Å². The fourth-order valence-electron chi connectivity index (χ4n) is 1.08. The molecule has 0 radical (unpaired) electrons. The van der Waals surface area contributed by atoms with E-state index in [0.29, 0.717) is 13.0 Å². The van der Waals surface area contributed by atoms with Crippen molar-refractivity contribution in [3.05, 3.63) is 0 Å². The second-order valence-electron chi connectivity index (χ2n) is 3.67. The Bertz CT molecular complexity index is 147. The van der Waals surface area contributed by atoms with Crippen LogP contribution in [0.4, 0.5) is 13.2 Å². The van der Waals surface area contributed by atoms with Crippen molar-refractivity contribution in [2.24, 2.45) is 0 Å². The van der Waals surface area contributed by atoms with Crippen LogP contribution in [0, 0.1) is 0 Å². The van der Waals surface area contributed by atoms with Gasteiger partial charge in [0.1, 0.15) is 0 Å². The summed E-state index contributed by atoms with van der Waals surface area (Å²) < 4.78 is 35.3. The van der Waals surface area contributed by atoms with Crippen molar-refractivity contribution in [2.75, 3.05) is 6.54 Å². The molecule has 0 saturated carbocycles. The van der Waals surface area contributed by atoms with E-state index in [-0.39, 0.29) is 12.5 Å². The Hall–Kier alpha value is -0.290. The Labute approximate surface area is 82.5 Å². The summed E-state index contributed by atoms with van der Waals surface area (Å²) in [6.07, 6.45) is -4.62. The Kier molecular flexibility index (Phi) is 6.11. The van der Waals surface area contributed by atoms with Gasteiger partial charge in [0.2, 0.25) is 0 Å². The second-order valence-corrected chi connectivity index (χ2v) is 3.67. The monoisotopic (exact) mass is 213 g/mol. The summed E-state index contributed by atoms with van der Waals surface area (Å²) in [5.74, 6) is 0. The fourth-order valence-corrected chi connectivity index (χ4v) is 1.08. The van der Waals surface area contributed by atoms with Gasteiger partial charge in [-0.2, -0.15) is 13.2 Å². The van der Waals surface area contributed by atoms with Crippen LogP contribution >= 0.6 is 0 Å². The van der Waals surface area contributed by atoms with Gasteiger partial charge in [0.05, 0.1) is 6.10 Å². The first kappa shape index (κ1) is 13.7. The van der Waals surface area contributed by atoms with Gasteiger partial charge in [-0.25, -0.2) is 0 Å². The molecular formula is C9H18F3NO. The summed E-state index contributed by atoms with van der Waals surface area (Å²) in [5, 5.41) is 11.9. The number of rotatable bonds is 6. The molecule has 86 valence electrons. The lowest BCUT2D eigenvalue weighted by Gasteiger charge is -2.15. The zero-order valence-corrected chi connectivity index (χ0v) is 8.56. The Morgan fingerprint density at radius 3 is 2.29 bits per heavy atom. The largest absolute Gasteiger partial charge is 0.392 e. The van der Waals surface area contributed by atoms with Gasteiger partial charge in [0.25, 0.3) is 0 Å². The highest BCUT2D eigenvalue weighted by Gasteiger charge is 2.26. The fraction of sp³-hybridized carbons (Fsp3) is 1.00. The van der Waals surface area contributed by atoms with Gasteiger partial charge in [-0.05, 0) is 26.7 Å². The lowest BCUT2D eigenvalue weighted by molar-refractivity contribution is -0.135. The highest BCUT2D eigenvalue weighted by molar-refractivity contribution is 4.64. The minimum absolute atomic E-state index is 0.0203. The SMILES string of the molecule is CC(O)CNC(C)CCCC(F)(F)F. The molecule has 0 aromatic carbocycles. The number of alkyl halides is 3. The molecule has 0 aromatic heterocycles. The van der Waals surface area contributed by atoms with Crippen LogP contribution in [0.2, 0.25) is 0 Å². The maximum atomic E-state index is 11.8. The van der Waals surface area contributed by atoms with Crippen LogP contribution in [0.5, 0.6) is 0 Å². The second kappa shape index (κ2) is 6.24. The third-order valence-corrected chi connectivity index (χ3v) is 1.86. The number of nitrogens with one attached hydrogen (secondary N) is 1. The van der Waals surface area contributed by atoms with Crippen LogP contribution in [0.3, 0.4) is 0 Å². The molecule has 0 rings (SSSR count). The molecule has 2 N–H and O–H groups in total. The zero-order chi connectivity index (χ0) is 11.2. The van der Waals surface area contributed by atoms with Crippen molar-refractivity contribution in [3.63, 3.8) is 0 Å². The number of aliphatic hydroxyl groups is 1. The molecule has 0 fully saturated rings. The first-order valence-electron chi connectivity index (χ1n) is 4.79. The first-order chi connectivity index (χ1) is 6.31. The summed E-state index contributed by atoms with van der Waals surface area (Å²) in [4.78, 5) is 0. The average Bonchev–Trinajstić information content (AvgIpc) is 1.98. The molecule has 2 nitrogen and oxygen atoms in total. The molecule has 0 aliphatic heterocycles. The van der Waals surface area contributed by atoms with Crippen molar-refractivity contribution < 1.29 is 18.3 Å². The smallest absolute Gasteiger partial charge is 0.389 e. The van der Waals surface area contributed by atoms with Gasteiger partial charge in [0, 0.05) is 19.0 Å². The quantitative estimate of drug-likeness (QED) is 0.708. The Morgan fingerprint density at radius 2 is 1.86 bits per heavy atom. The number of aliphatic hydroxyl groups excluding tert-OH is 1. The van der Waals surface area contributed by atoms with E-state index in [1.165, 1.54) is 0 Å². The van der Waals surface area contributed by atoms with Crippen molar-refractivity contribution in [3.8, 4) is 0 Å². The topological polar surface area (TPSA) is 32.3 Å². The highest BCUT2D eigenvalue weighted by Crippen LogP contribution is 2.22. The van der Waals surface area contributed by atoms with E-state index in [9.17, 15) is 13.2 Å². The number of hydrogen-bond donors (Lipinski definition) is 2. The minimum Gasteiger partial charge on any atom is -0.392 e. The van der Waals surface area contributed by atoms with Crippen LogP contribution < -0.4 is 5.32 Å². The Morgan fingerprint density at radius 1 is 1.29 bits per heavy atom. The number of hydrogen-bond acceptors (Lipinski definition) is 2. The van der Waals surface area contributed by atoms with E-state index in [4.69, 9.17) is 5.11 Å². The molecule has 0 bridgehead atoms. The maximum Gasteiger partial charge on any atom is 0.389 e. The molecule has 0 aliphatic carbocycles. The molecule has 0 aromatic rings. The van der Waals surface area contributed by atoms with Crippen molar-refractivity contribution >= 4 is 0 Å². The van der Waals surface area contributed by atoms with E-state index >= 15 is 0 Å². The third-order valence-electron chi connectivity index (χ3n) is 1.86. The van der Waals surface area contributed by atoms with Crippen molar-refractivity contribution in [1.29, 1.82) is 0 Å². The van der Waals surface area contributed by atoms with Crippen LogP contribution in [0.25, 0.3) is 0 Å². The zero-order valence-electron chi connectivity index (χ0n) is 8.56. The van der Waals surface area contributed by atoms with Crippen LogP contribution in [0.15, 0.2) is 0 Å². The van der Waals surface area contributed by atoms with Crippen molar-refractivity contribution in [1.82, 2.24) is 5.32 Å². The van der Waals surface area contributed by atoms with Gasteiger partial charge in [-0.1, -0.05) is 0 Å². The summed E-state index contributed by atoms with van der Waals surface area (Å²) in [7, 11) is 0. The van der Waals surface area contributed by atoms with Gasteiger partial charge in [0.15, 0.2) is 0 Å². The van der Waals surface area contributed by atoms with Gasteiger partial charge >= 0.3 is 6.18 Å². The molecule has 0 saturated heterocycles. The van der Waals surface area contributed by atoms with Gasteiger partial charge < -0.3 is 10.4 Å². The van der Waals surface area contributed by atoms with E-state index in [0.717, 1.165) is 0 Å². The lowest BCUT2D eigenvalue weighted by Crippen LogP contribution is -2.32. The highest BCUT2D eigenvalue weighted by atomic mass is 19.4. The molecule has 0 amide bonds. The molecule has 0 heterocycles. The molecule has 2 unspecified atom stereocenters. The molecular weight excluding hydrogens is 195 g/mol. The van der Waals surface area contributed by atoms with E-state index in [1.54, 1.807) is 6.92 Å². The molecule has 0 spiro atoms. The molecule has 0 aliphatic rings. The predicted octanol–water partition coefficient (Wildman–Crippen LogP) is 2.08. The van der Waals surface area contributed by atoms with E-state index in [1.807, 2.05) is 6.92 Å². The lowest BCUT2D eigenvalue weighted by atomic mass is 10.1. The predicted molar refractivity (Wildman–Crippen MR) is 49.1 cm³/mol. The van der Waals surface area contributed by atoms with Crippen LogP contribution in [0.1, 0.15) is 33.1 Å². The standard InChI is InChI=1S/C9H18F3NO/c1-7(13-6-8(2)14)4-3-5-9(10,11)12/h7-8,13-14H,3-6H2,1-2H3. The van der Waals surface area contributed by atoms with E-state index in [2.05, 4.69) is 5.32 Å². The van der Waals surface area contributed by atoms with E-state index < -0.39 is 18.7 Å². The number of halogens is 3.